The van der Waals surface area contributed by atoms with Crippen molar-refractivity contribution in [3.05, 3.63) is 0 Å². The van der Waals surface area contributed by atoms with E-state index in [1.807, 2.05) is 0 Å². The first-order valence-electron chi connectivity index (χ1n) is 10.7. The molecule has 0 fully saturated rings. The summed E-state index contributed by atoms with van der Waals surface area (Å²) < 4.78 is 23.9. The molecule has 0 aromatic carbocycles. The summed E-state index contributed by atoms with van der Waals surface area (Å²) in [5.41, 5.74) is 0. The predicted molar refractivity (Wildman–Crippen MR) is 108 cm³/mol. The van der Waals surface area contributed by atoms with Crippen LogP contribution in [0.4, 0.5) is 0 Å². The number of nitrogens with zero attached hydrogens (tertiary/aromatic N) is 1. The van der Waals surface area contributed by atoms with Gasteiger partial charge in [-0.05, 0) is 19.3 Å². The summed E-state index contributed by atoms with van der Waals surface area (Å²) in [6.45, 7) is 15.2. The van der Waals surface area contributed by atoms with Gasteiger partial charge >= 0.3 is 0 Å². The minimum absolute atomic E-state index is 0.158. The molecule has 0 aliphatic carbocycles. The molecule has 0 spiro atoms. The fourth-order valence-electron chi connectivity index (χ4n) is 2.93. The molecule has 5 heteroatoms. The number of hydrogen-bond acceptors (Lipinski definition) is 4. The Balaban J connectivity index is 4.14. The van der Waals surface area contributed by atoms with Crippen molar-refractivity contribution in [1.82, 2.24) is 0 Å². The van der Waals surface area contributed by atoms with E-state index in [0.717, 1.165) is 55.8 Å². The normalized spacial score (nSPS) is 13.5. The topological polar surface area (TPSA) is 36.9 Å². The number of quaternary nitrogens is 1. The van der Waals surface area contributed by atoms with E-state index < -0.39 is 0 Å². The standard InChI is InChI=1S/C21H46NO4/c1-7-13-23-15-17-25-21(26-18-16-24-14-8-2)11-10-12-22(5,6)19-20(4)9-3/h20-21H,7-19H2,1-6H3/q+1. The summed E-state index contributed by atoms with van der Waals surface area (Å²) in [7, 11) is 4.64. The highest BCUT2D eigenvalue weighted by Crippen LogP contribution is 2.12. The van der Waals surface area contributed by atoms with E-state index in [-0.39, 0.29) is 6.29 Å². The Hall–Kier alpha value is -0.200. The van der Waals surface area contributed by atoms with Crippen molar-refractivity contribution in [1.29, 1.82) is 0 Å². The summed E-state index contributed by atoms with van der Waals surface area (Å²) in [6.07, 6.45) is 5.18. The molecule has 1 atom stereocenters. The van der Waals surface area contributed by atoms with Crippen LogP contribution >= 0.6 is 0 Å². The second-order valence-corrected chi connectivity index (χ2v) is 7.89. The summed E-state index contributed by atoms with van der Waals surface area (Å²) >= 11 is 0. The van der Waals surface area contributed by atoms with Gasteiger partial charge < -0.3 is 23.4 Å². The summed E-state index contributed by atoms with van der Waals surface area (Å²) in [4.78, 5) is 0. The van der Waals surface area contributed by atoms with Crippen LogP contribution in [0.25, 0.3) is 0 Å². The third kappa shape index (κ3) is 16.0. The van der Waals surface area contributed by atoms with Gasteiger partial charge in [-0.25, -0.2) is 0 Å². The fourth-order valence-corrected chi connectivity index (χ4v) is 2.93. The van der Waals surface area contributed by atoms with Gasteiger partial charge in [-0.2, -0.15) is 0 Å². The van der Waals surface area contributed by atoms with Gasteiger partial charge in [0.1, 0.15) is 0 Å². The van der Waals surface area contributed by atoms with Gasteiger partial charge in [0.15, 0.2) is 6.29 Å². The molecule has 0 N–H and O–H groups in total. The van der Waals surface area contributed by atoms with Crippen molar-refractivity contribution < 1.29 is 23.4 Å². The molecule has 0 heterocycles. The third-order valence-electron chi connectivity index (χ3n) is 4.47. The Kier molecular flexibility index (Phi) is 16.8. The van der Waals surface area contributed by atoms with Crippen LogP contribution in [0.5, 0.6) is 0 Å². The van der Waals surface area contributed by atoms with Crippen LogP contribution in [-0.2, 0) is 18.9 Å². The molecule has 26 heavy (non-hydrogen) atoms. The first kappa shape index (κ1) is 25.8. The van der Waals surface area contributed by atoms with Crippen LogP contribution in [0.2, 0.25) is 0 Å². The molecule has 0 aromatic rings. The smallest absolute Gasteiger partial charge is 0.158 e. The highest BCUT2D eigenvalue weighted by molar-refractivity contribution is 4.51. The van der Waals surface area contributed by atoms with E-state index in [1.165, 1.54) is 13.0 Å². The van der Waals surface area contributed by atoms with Gasteiger partial charge in [-0.3, -0.25) is 0 Å². The molecule has 5 nitrogen and oxygen atoms in total. The highest BCUT2D eigenvalue weighted by atomic mass is 16.7. The Bertz CT molecular complexity index is 286. The van der Waals surface area contributed by atoms with Gasteiger partial charge in [0.2, 0.25) is 0 Å². The van der Waals surface area contributed by atoms with E-state index in [2.05, 4.69) is 41.8 Å². The predicted octanol–water partition coefficient (Wildman–Crippen LogP) is 4.10. The van der Waals surface area contributed by atoms with Crippen LogP contribution in [-0.4, -0.2) is 77.6 Å². The quantitative estimate of drug-likeness (QED) is 0.193. The van der Waals surface area contributed by atoms with Crippen molar-refractivity contribution >= 4 is 0 Å². The average molecular weight is 377 g/mol. The van der Waals surface area contributed by atoms with Crippen molar-refractivity contribution in [2.24, 2.45) is 5.92 Å². The molecule has 0 aliphatic heterocycles. The van der Waals surface area contributed by atoms with Crippen LogP contribution in [0.1, 0.15) is 59.8 Å². The van der Waals surface area contributed by atoms with Crippen molar-refractivity contribution in [3.63, 3.8) is 0 Å². The molecule has 158 valence electrons. The van der Waals surface area contributed by atoms with Crippen molar-refractivity contribution in [2.75, 3.05) is 66.8 Å². The SMILES string of the molecule is CCCOCCOC(CCC[N+](C)(C)CC(C)CC)OCCOCCC. The van der Waals surface area contributed by atoms with Crippen molar-refractivity contribution in [3.8, 4) is 0 Å². The minimum atomic E-state index is -0.158. The maximum atomic E-state index is 5.90. The lowest BCUT2D eigenvalue weighted by atomic mass is 10.1. The number of ether oxygens (including phenoxy) is 4. The summed E-state index contributed by atoms with van der Waals surface area (Å²) in [5, 5.41) is 0. The molecule has 0 radical (unpaired) electrons. The summed E-state index contributed by atoms with van der Waals surface area (Å²) in [6, 6.07) is 0. The maximum Gasteiger partial charge on any atom is 0.158 e. The van der Waals surface area contributed by atoms with E-state index in [0.29, 0.717) is 26.4 Å². The average Bonchev–Trinajstić information content (AvgIpc) is 2.60. The van der Waals surface area contributed by atoms with Crippen molar-refractivity contribution in [2.45, 2.75) is 66.1 Å². The third-order valence-corrected chi connectivity index (χ3v) is 4.47. The Morgan fingerprint density at radius 1 is 0.769 bits per heavy atom. The van der Waals surface area contributed by atoms with E-state index in [4.69, 9.17) is 18.9 Å². The molecular formula is C21H46NO4+. The molecule has 0 aromatic heterocycles. The first-order chi connectivity index (χ1) is 12.4. The van der Waals surface area contributed by atoms with E-state index in [1.54, 1.807) is 0 Å². The van der Waals surface area contributed by atoms with E-state index in [9.17, 15) is 0 Å². The second kappa shape index (κ2) is 16.9. The zero-order valence-corrected chi connectivity index (χ0v) is 18.4. The zero-order valence-electron chi connectivity index (χ0n) is 18.4. The van der Waals surface area contributed by atoms with Gasteiger partial charge in [-0.15, -0.1) is 0 Å². The highest BCUT2D eigenvalue weighted by Gasteiger charge is 2.19. The zero-order chi connectivity index (χ0) is 19.7. The molecule has 0 rings (SSSR count). The van der Waals surface area contributed by atoms with Crippen LogP contribution in [0.15, 0.2) is 0 Å². The molecule has 0 saturated heterocycles. The first-order valence-corrected chi connectivity index (χ1v) is 10.7. The maximum absolute atomic E-state index is 5.90. The van der Waals surface area contributed by atoms with E-state index >= 15 is 0 Å². The molecule has 0 aliphatic rings. The number of hydrogen-bond donors (Lipinski definition) is 0. The monoisotopic (exact) mass is 376 g/mol. The van der Waals surface area contributed by atoms with Gasteiger partial charge in [-0.1, -0.05) is 27.7 Å². The fraction of sp³-hybridized carbons (Fsp3) is 1.00. The lowest BCUT2D eigenvalue weighted by molar-refractivity contribution is -0.893. The number of rotatable bonds is 19. The lowest BCUT2D eigenvalue weighted by Gasteiger charge is -2.32. The minimum Gasteiger partial charge on any atom is -0.379 e. The summed E-state index contributed by atoms with van der Waals surface area (Å²) in [5.74, 6) is 0.764. The van der Waals surface area contributed by atoms with Gasteiger partial charge in [0.05, 0.1) is 53.6 Å². The van der Waals surface area contributed by atoms with Crippen LogP contribution in [0, 0.1) is 5.92 Å². The van der Waals surface area contributed by atoms with Gasteiger partial charge in [0.25, 0.3) is 0 Å². The van der Waals surface area contributed by atoms with Gasteiger partial charge in [0, 0.05) is 32.0 Å². The van der Waals surface area contributed by atoms with Crippen LogP contribution < -0.4 is 0 Å². The second-order valence-electron chi connectivity index (χ2n) is 7.89. The molecule has 0 bridgehead atoms. The molecular weight excluding hydrogens is 330 g/mol. The Morgan fingerprint density at radius 3 is 1.77 bits per heavy atom. The largest absolute Gasteiger partial charge is 0.379 e. The molecule has 0 saturated carbocycles. The lowest BCUT2D eigenvalue weighted by Crippen LogP contribution is -2.44. The molecule has 0 amide bonds. The Morgan fingerprint density at radius 2 is 1.31 bits per heavy atom. The Labute approximate surface area is 162 Å². The molecule has 1 unspecified atom stereocenters. The van der Waals surface area contributed by atoms with Crippen LogP contribution in [0.3, 0.4) is 0 Å².